The number of nitrogens with two attached hydrogens (primary N) is 1. The van der Waals surface area contributed by atoms with Crippen molar-refractivity contribution in [2.24, 2.45) is 10.7 Å². The summed E-state index contributed by atoms with van der Waals surface area (Å²) >= 11 is 0. The summed E-state index contributed by atoms with van der Waals surface area (Å²) in [7, 11) is 0. The van der Waals surface area contributed by atoms with E-state index in [1.807, 2.05) is 30.3 Å². The van der Waals surface area contributed by atoms with Crippen LogP contribution >= 0.6 is 24.0 Å². The first-order valence-corrected chi connectivity index (χ1v) is 7.39. The van der Waals surface area contributed by atoms with Gasteiger partial charge >= 0.3 is 0 Å². The zero-order chi connectivity index (χ0) is 15.2. The quantitative estimate of drug-likeness (QED) is 0.437. The standard InChI is InChI=1S/C16H19N5O.HI/c17-16(21-14-6-1-2-8-18-14)20-11-12-7-9-19-15(10-12)22-13-4-3-5-13;/h1-2,6-10,13H,3-5,11H2,(H3,17,18,20,21);1H. The van der Waals surface area contributed by atoms with Crippen molar-refractivity contribution in [1.82, 2.24) is 9.97 Å². The van der Waals surface area contributed by atoms with Crippen molar-refractivity contribution in [1.29, 1.82) is 0 Å². The highest BCUT2D eigenvalue weighted by Gasteiger charge is 2.19. The van der Waals surface area contributed by atoms with Gasteiger partial charge in [-0.05, 0) is 43.0 Å². The molecule has 6 nitrogen and oxygen atoms in total. The molecule has 2 aromatic heterocycles. The Hall–Kier alpha value is -1.90. The fraction of sp³-hybridized carbons (Fsp3) is 0.312. The maximum Gasteiger partial charge on any atom is 0.213 e. The molecule has 0 unspecified atom stereocenters. The first kappa shape index (κ1) is 17.5. The number of anilines is 1. The van der Waals surface area contributed by atoms with Crippen LogP contribution in [0.1, 0.15) is 24.8 Å². The predicted octanol–water partition coefficient (Wildman–Crippen LogP) is 2.95. The molecule has 7 heteroatoms. The molecule has 0 amide bonds. The molecule has 1 fully saturated rings. The zero-order valence-electron chi connectivity index (χ0n) is 12.7. The van der Waals surface area contributed by atoms with Crippen molar-refractivity contribution >= 4 is 35.8 Å². The number of pyridine rings is 2. The van der Waals surface area contributed by atoms with Crippen LogP contribution in [0.3, 0.4) is 0 Å². The molecule has 23 heavy (non-hydrogen) atoms. The Morgan fingerprint density at radius 1 is 1.26 bits per heavy atom. The summed E-state index contributed by atoms with van der Waals surface area (Å²) in [6.45, 7) is 0.467. The highest BCUT2D eigenvalue weighted by molar-refractivity contribution is 14.0. The largest absolute Gasteiger partial charge is 0.474 e. The number of nitrogens with one attached hydrogen (secondary N) is 1. The Balaban J connectivity index is 0.00000192. The summed E-state index contributed by atoms with van der Waals surface area (Å²) in [5, 5.41) is 2.95. The third kappa shape index (κ3) is 5.34. The Kier molecular flexibility index (Phi) is 6.57. The van der Waals surface area contributed by atoms with Crippen LogP contribution in [0, 0.1) is 0 Å². The molecule has 2 aromatic rings. The number of hydrogen-bond acceptors (Lipinski definition) is 4. The number of rotatable bonds is 5. The van der Waals surface area contributed by atoms with E-state index in [1.54, 1.807) is 12.4 Å². The molecule has 0 bridgehead atoms. The van der Waals surface area contributed by atoms with E-state index < -0.39 is 0 Å². The van der Waals surface area contributed by atoms with Crippen molar-refractivity contribution in [2.75, 3.05) is 5.32 Å². The van der Waals surface area contributed by atoms with Gasteiger partial charge < -0.3 is 15.8 Å². The van der Waals surface area contributed by atoms with Crippen LogP contribution in [0.15, 0.2) is 47.7 Å². The number of aliphatic imine (C=N–C) groups is 1. The molecule has 0 saturated heterocycles. The maximum absolute atomic E-state index is 5.86. The highest BCUT2D eigenvalue weighted by Crippen LogP contribution is 2.24. The smallest absolute Gasteiger partial charge is 0.213 e. The summed E-state index contributed by atoms with van der Waals surface area (Å²) in [6, 6.07) is 9.38. The van der Waals surface area contributed by atoms with Gasteiger partial charge in [-0.1, -0.05) is 6.07 Å². The van der Waals surface area contributed by atoms with Crippen LogP contribution in [0.2, 0.25) is 0 Å². The van der Waals surface area contributed by atoms with Crippen LogP contribution in [0.25, 0.3) is 0 Å². The molecule has 3 rings (SSSR count). The fourth-order valence-corrected chi connectivity index (χ4v) is 2.06. The summed E-state index contributed by atoms with van der Waals surface area (Å²) in [6.07, 6.45) is 7.23. The molecular weight excluding hydrogens is 405 g/mol. The van der Waals surface area contributed by atoms with Crippen molar-refractivity contribution in [3.63, 3.8) is 0 Å². The van der Waals surface area contributed by atoms with Crippen LogP contribution < -0.4 is 15.8 Å². The lowest BCUT2D eigenvalue weighted by Gasteiger charge is -2.25. The van der Waals surface area contributed by atoms with Crippen molar-refractivity contribution in [2.45, 2.75) is 31.9 Å². The Morgan fingerprint density at radius 3 is 2.83 bits per heavy atom. The molecule has 0 radical (unpaired) electrons. The molecule has 1 saturated carbocycles. The van der Waals surface area contributed by atoms with E-state index in [2.05, 4.69) is 20.3 Å². The van der Waals surface area contributed by atoms with Gasteiger partial charge in [0, 0.05) is 18.5 Å². The van der Waals surface area contributed by atoms with Crippen molar-refractivity contribution < 1.29 is 4.74 Å². The minimum atomic E-state index is 0. The van der Waals surface area contributed by atoms with Crippen molar-refractivity contribution in [3.8, 4) is 5.88 Å². The van der Waals surface area contributed by atoms with Crippen LogP contribution in [0.4, 0.5) is 5.82 Å². The third-order valence-electron chi connectivity index (χ3n) is 3.49. The lowest BCUT2D eigenvalue weighted by molar-refractivity contribution is 0.114. The first-order chi connectivity index (χ1) is 10.8. The van der Waals surface area contributed by atoms with Gasteiger partial charge in [0.2, 0.25) is 5.88 Å². The van der Waals surface area contributed by atoms with E-state index in [1.165, 1.54) is 6.42 Å². The molecule has 0 spiro atoms. The number of guanidine groups is 1. The van der Waals surface area contributed by atoms with E-state index >= 15 is 0 Å². The second-order valence-electron chi connectivity index (χ2n) is 5.21. The predicted molar refractivity (Wildman–Crippen MR) is 101 cm³/mol. The molecule has 1 aliphatic rings. The maximum atomic E-state index is 5.86. The van der Waals surface area contributed by atoms with Gasteiger partial charge in [-0.15, -0.1) is 24.0 Å². The zero-order valence-corrected chi connectivity index (χ0v) is 15.0. The van der Waals surface area contributed by atoms with Crippen molar-refractivity contribution in [3.05, 3.63) is 48.3 Å². The molecule has 3 N–H and O–H groups in total. The summed E-state index contributed by atoms with van der Waals surface area (Å²) in [5.74, 6) is 1.66. The van der Waals surface area contributed by atoms with E-state index in [0.717, 1.165) is 18.4 Å². The number of nitrogens with zero attached hydrogens (tertiary/aromatic N) is 3. The Morgan fingerprint density at radius 2 is 2.13 bits per heavy atom. The monoisotopic (exact) mass is 425 g/mol. The number of halogens is 1. The summed E-state index contributed by atoms with van der Waals surface area (Å²) in [5.41, 5.74) is 6.86. The van der Waals surface area contributed by atoms with E-state index in [-0.39, 0.29) is 24.0 Å². The summed E-state index contributed by atoms with van der Waals surface area (Å²) < 4.78 is 5.78. The third-order valence-corrected chi connectivity index (χ3v) is 3.49. The lowest BCUT2D eigenvalue weighted by atomic mass is 9.96. The van der Waals surface area contributed by atoms with Gasteiger partial charge in [-0.25, -0.2) is 15.0 Å². The van der Waals surface area contributed by atoms with Crippen LogP contribution in [-0.2, 0) is 6.54 Å². The van der Waals surface area contributed by atoms with Crippen LogP contribution in [0.5, 0.6) is 5.88 Å². The molecule has 0 aromatic carbocycles. The fourth-order valence-electron chi connectivity index (χ4n) is 2.06. The molecule has 0 aliphatic heterocycles. The van der Waals surface area contributed by atoms with E-state index in [4.69, 9.17) is 10.5 Å². The molecule has 1 aliphatic carbocycles. The van der Waals surface area contributed by atoms with Gasteiger partial charge in [-0.2, -0.15) is 0 Å². The second-order valence-corrected chi connectivity index (χ2v) is 5.21. The topological polar surface area (TPSA) is 85.4 Å². The van der Waals surface area contributed by atoms with E-state index in [9.17, 15) is 0 Å². The first-order valence-electron chi connectivity index (χ1n) is 7.39. The van der Waals surface area contributed by atoms with Gasteiger partial charge in [-0.3, -0.25) is 0 Å². The molecule has 2 heterocycles. The highest BCUT2D eigenvalue weighted by atomic mass is 127. The minimum Gasteiger partial charge on any atom is -0.474 e. The normalized spacial score (nSPS) is 14.5. The van der Waals surface area contributed by atoms with Gasteiger partial charge in [0.1, 0.15) is 11.9 Å². The SMILES string of the molecule is I.NC(=NCc1ccnc(OC2CCC2)c1)Nc1ccccn1. The van der Waals surface area contributed by atoms with Gasteiger partial charge in [0.25, 0.3) is 0 Å². The Bertz CT molecular complexity index is 646. The average molecular weight is 425 g/mol. The second kappa shape index (κ2) is 8.66. The number of aromatic nitrogens is 2. The average Bonchev–Trinajstić information content (AvgIpc) is 2.50. The summed E-state index contributed by atoms with van der Waals surface area (Å²) in [4.78, 5) is 12.7. The molecule has 0 atom stereocenters. The molecule has 122 valence electrons. The number of hydrogen-bond donors (Lipinski definition) is 2. The van der Waals surface area contributed by atoms with Crippen LogP contribution in [-0.4, -0.2) is 22.0 Å². The van der Waals surface area contributed by atoms with Gasteiger partial charge in [0.05, 0.1) is 6.54 Å². The minimum absolute atomic E-state index is 0. The lowest BCUT2D eigenvalue weighted by Crippen LogP contribution is -2.25. The van der Waals surface area contributed by atoms with E-state index in [0.29, 0.717) is 30.3 Å². The number of ether oxygens (including phenoxy) is 1. The molecular formula is C16H20IN5O. The Labute approximate surface area is 152 Å². The van der Waals surface area contributed by atoms with Gasteiger partial charge in [0.15, 0.2) is 5.96 Å².